The van der Waals surface area contributed by atoms with E-state index < -0.39 is 11.6 Å². The van der Waals surface area contributed by atoms with Crippen LogP contribution in [0.4, 0.5) is 0 Å². The Balaban J connectivity index is 4.03. The van der Waals surface area contributed by atoms with Gasteiger partial charge in [-0.05, 0) is 6.92 Å². The molecule has 5 nitrogen and oxygen atoms in total. The monoisotopic (exact) mass is 206 g/mol. The fourth-order valence-corrected chi connectivity index (χ4v) is 0.888. The van der Waals surface area contributed by atoms with Crippen LogP contribution in [0.5, 0.6) is 0 Å². The molecule has 0 amide bonds. The van der Waals surface area contributed by atoms with Gasteiger partial charge in [-0.2, -0.15) is 0 Å². The van der Waals surface area contributed by atoms with E-state index in [0.717, 1.165) is 0 Å². The van der Waals surface area contributed by atoms with E-state index in [9.17, 15) is 4.79 Å². The van der Waals surface area contributed by atoms with Crippen LogP contribution in [0, 0.1) is 0 Å². The number of hydrogen-bond acceptors (Lipinski definition) is 4. The number of hydrogen-bond donors (Lipinski definition) is 1. The molecule has 0 aromatic carbocycles. The van der Waals surface area contributed by atoms with E-state index in [1.54, 1.807) is 0 Å². The van der Waals surface area contributed by atoms with Gasteiger partial charge in [0, 0.05) is 27.2 Å². The number of rotatable bonds is 8. The molecule has 0 bridgehead atoms. The molecule has 0 aromatic rings. The molecule has 0 aliphatic rings. The van der Waals surface area contributed by atoms with Crippen LogP contribution in [-0.4, -0.2) is 50.7 Å². The van der Waals surface area contributed by atoms with Crippen LogP contribution < -0.4 is 0 Å². The highest BCUT2D eigenvalue weighted by atomic mass is 16.5. The van der Waals surface area contributed by atoms with Crippen molar-refractivity contribution in [2.45, 2.75) is 18.9 Å². The van der Waals surface area contributed by atoms with Gasteiger partial charge in [-0.15, -0.1) is 0 Å². The van der Waals surface area contributed by atoms with Gasteiger partial charge in [-0.1, -0.05) is 0 Å². The first-order valence-electron chi connectivity index (χ1n) is 4.42. The second kappa shape index (κ2) is 6.75. The van der Waals surface area contributed by atoms with Crippen molar-refractivity contribution in [2.24, 2.45) is 0 Å². The molecule has 0 radical (unpaired) electrons. The molecule has 0 fully saturated rings. The number of carbonyl (C=O) groups is 1. The normalized spacial score (nSPS) is 15.1. The third-order valence-electron chi connectivity index (χ3n) is 1.94. The molecule has 1 unspecified atom stereocenters. The maximum atomic E-state index is 10.9. The summed E-state index contributed by atoms with van der Waals surface area (Å²) in [7, 11) is 3.06. The van der Waals surface area contributed by atoms with E-state index in [-0.39, 0.29) is 6.61 Å². The zero-order valence-electron chi connectivity index (χ0n) is 8.91. The van der Waals surface area contributed by atoms with Crippen molar-refractivity contribution in [1.29, 1.82) is 0 Å². The number of carboxylic acid groups (broad SMARTS) is 1. The molecule has 14 heavy (non-hydrogen) atoms. The second-order valence-corrected chi connectivity index (χ2v) is 3.12. The molecule has 84 valence electrons. The van der Waals surface area contributed by atoms with Crippen LogP contribution in [0.1, 0.15) is 13.3 Å². The summed E-state index contributed by atoms with van der Waals surface area (Å²) in [6.45, 7) is 2.54. The van der Waals surface area contributed by atoms with Crippen LogP contribution in [0.3, 0.4) is 0 Å². The summed E-state index contributed by atoms with van der Waals surface area (Å²) in [6, 6.07) is 0. The molecule has 0 heterocycles. The van der Waals surface area contributed by atoms with E-state index in [1.165, 1.54) is 21.1 Å². The molecule has 0 saturated carbocycles. The van der Waals surface area contributed by atoms with Crippen LogP contribution in [0.25, 0.3) is 0 Å². The summed E-state index contributed by atoms with van der Waals surface area (Å²) < 4.78 is 14.8. The minimum atomic E-state index is -1.19. The third kappa shape index (κ3) is 4.55. The molecule has 0 saturated heterocycles. The van der Waals surface area contributed by atoms with Gasteiger partial charge in [0.2, 0.25) is 0 Å². The highest BCUT2D eigenvalue weighted by molar-refractivity contribution is 5.76. The average Bonchev–Trinajstić information content (AvgIpc) is 2.15. The van der Waals surface area contributed by atoms with Crippen LogP contribution in [-0.2, 0) is 19.0 Å². The SMILES string of the molecule is COCCOC(C)(CCOC)C(=O)O. The number of aliphatic carboxylic acids is 1. The van der Waals surface area contributed by atoms with Crippen LogP contribution >= 0.6 is 0 Å². The van der Waals surface area contributed by atoms with Gasteiger partial charge >= 0.3 is 5.97 Å². The zero-order valence-corrected chi connectivity index (χ0v) is 8.91. The standard InChI is InChI=1S/C9H18O5/c1-9(8(10)11,4-5-12-2)14-7-6-13-3/h4-7H2,1-3H3,(H,10,11). The first-order valence-corrected chi connectivity index (χ1v) is 4.42. The number of carboxylic acids is 1. The Kier molecular flexibility index (Phi) is 6.44. The molecule has 0 aromatic heterocycles. The summed E-state index contributed by atoms with van der Waals surface area (Å²) in [5.41, 5.74) is -1.19. The Labute approximate surface area is 84.0 Å². The average molecular weight is 206 g/mol. The Morgan fingerprint density at radius 2 is 1.79 bits per heavy atom. The fraction of sp³-hybridized carbons (Fsp3) is 0.889. The Morgan fingerprint density at radius 1 is 1.21 bits per heavy atom. The predicted octanol–water partition coefficient (Wildman–Crippen LogP) is 0.529. The van der Waals surface area contributed by atoms with Gasteiger partial charge in [0.05, 0.1) is 13.2 Å². The molecule has 1 N–H and O–H groups in total. The van der Waals surface area contributed by atoms with Gasteiger partial charge in [0.15, 0.2) is 5.60 Å². The Bertz CT molecular complexity index is 171. The molecule has 1 atom stereocenters. The van der Waals surface area contributed by atoms with Gasteiger partial charge < -0.3 is 19.3 Å². The van der Waals surface area contributed by atoms with Crippen molar-refractivity contribution < 1.29 is 24.1 Å². The molecule has 5 heteroatoms. The molecule has 0 aliphatic carbocycles. The van der Waals surface area contributed by atoms with Crippen molar-refractivity contribution in [3.8, 4) is 0 Å². The summed E-state index contributed by atoms with van der Waals surface area (Å²) in [6.07, 6.45) is 0.322. The van der Waals surface area contributed by atoms with E-state index in [1.807, 2.05) is 0 Å². The molecular weight excluding hydrogens is 188 g/mol. The predicted molar refractivity (Wildman–Crippen MR) is 50.4 cm³/mol. The van der Waals surface area contributed by atoms with E-state index in [2.05, 4.69) is 0 Å². The summed E-state index contributed by atoms with van der Waals surface area (Å²) in [5, 5.41) is 8.94. The van der Waals surface area contributed by atoms with Gasteiger partial charge in [0.25, 0.3) is 0 Å². The zero-order chi connectivity index (χ0) is 11.0. The Hall–Kier alpha value is -0.650. The molecule has 0 aliphatic heterocycles. The van der Waals surface area contributed by atoms with Crippen molar-refractivity contribution in [3.63, 3.8) is 0 Å². The second-order valence-electron chi connectivity index (χ2n) is 3.12. The maximum absolute atomic E-state index is 10.9. The van der Waals surface area contributed by atoms with Gasteiger partial charge in [-0.25, -0.2) is 4.79 Å². The summed E-state index contributed by atoms with van der Waals surface area (Å²) in [5.74, 6) is -0.981. The molecular formula is C9H18O5. The number of ether oxygens (including phenoxy) is 3. The van der Waals surface area contributed by atoms with Gasteiger partial charge in [0.1, 0.15) is 0 Å². The van der Waals surface area contributed by atoms with Crippen LogP contribution in [0.15, 0.2) is 0 Å². The molecule has 0 spiro atoms. The van der Waals surface area contributed by atoms with Crippen molar-refractivity contribution in [2.75, 3.05) is 34.0 Å². The lowest BCUT2D eigenvalue weighted by Gasteiger charge is -2.24. The first kappa shape index (κ1) is 13.4. The van der Waals surface area contributed by atoms with Crippen molar-refractivity contribution in [1.82, 2.24) is 0 Å². The minimum absolute atomic E-state index is 0.267. The quantitative estimate of drug-likeness (QED) is 0.587. The first-order chi connectivity index (χ1) is 6.56. The minimum Gasteiger partial charge on any atom is -0.479 e. The lowest BCUT2D eigenvalue weighted by molar-refractivity contribution is -0.167. The van der Waals surface area contributed by atoms with E-state index in [0.29, 0.717) is 19.6 Å². The van der Waals surface area contributed by atoms with E-state index in [4.69, 9.17) is 19.3 Å². The lowest BCUT2D eigenvalue weighted by Crippen LogP contribution is -2.40. The largest absolute Gasteiger partial charge is 0.479 e. The fourth-order valence-electron chi connectivity index (χ4n) is 0.888. The maximum Gasteiger partial charge on any atom is 0.335 e. The van der Waals surface area contributed by atoms with E-state index >= 15 is 0 Å². The smallest absolute Gasteiger partial charge is 0.335 e. The lowest BCUT2D eigenvalue weighted by atomic mass is 10.0. The third-order valence-corrected chi connectivity index (χ3v) is 1.94. The topological polar surface area (TPSA) is 65.0 Å². The molecule has 0 rings (SSSR count). The number of methoxy groups -OCH3 is 2. The van der Waals surface area contributed by atoms with Gasteiger partial charge in [-0.3, -0.25) is 0 Å². The van der Waals surface area contributed by atoms with Crippen molar-refractivity contribution >= 4 is 5.97 Å². The highest BCUT2D eigenvalue weighted by Gasteiger charge is 2.33. The highest BCUT2D eigenvalue weighted by Crippen LogP contribution is 2.15. The Morgan fingerprint density at radius 3 is 2.21 bits per heavy atom. The summed E-state index contributed by atoms with van der Waals surface area (Å²) in [4.78, 5) is 10.9. The van der Waals surface area contributed by atoms with Crippen molar-refractivity contribution in [3.05, 3.63) is 0 Å². The van der Waals surface area contributed by atoms with Crippen LogP contribution in [0.2, 0.25) is 0 Å². The summed E-state index contributed by atoms with van der Waals surface area (Å²) >= 11 is 0.